The second-order valence-corrected chi connectivity index (χ2v) is 9.95. The number of hydroxylamine groups is 2. The van der Waals surface area contributed by atoms with Crippen LogP contribution in [0.1, 0.15) is 63.9 Å². The van der Waals surface area contributed by atoms with Gasteiger partial charge in [-0.05, 0) is 62.3 Å². The predicted molar refractivity (Wildman–Crippen MR) is 144 cm³/mol. The number of nitrogens with zero attached hydrogens (tertiary/aromatic N) is 3. The Kier molecular flexibility index (Phi) is 9.95. The van der Waals surface area contributed by atoms with E-state index in [1.807, 2.05) is 49.1 Å². The van der Waals surface area contributed by atoms with E-state index in [9.17, 15) is 14.7 Å². The van der Waals surface area contributed by atoms with Gasteiger partial charge in [-0.25, -0.2) is 5.06 Å². The molecular weight excluding hydrogens is 486 g/mol. The fourth-order valence-electron chi connectivity index (χ4n) is 5.44. The van der Waals surface area contributed by atoms with Crippen LogP contribution in [0.4, 0.5) is 0 Å². The summed E-state index contributed by atoms with van der Waals surface area (Å²) in [6.07, 6.45) is 12.4. The zero-order valence-corrected chi connectivity index (χ0v) is 22.4. The highest BCUT2D eigenvalue weighted by molar-refractivity contribution is 5.85. The number of carboxylic acid groups (broad SMARTS) is 1. The predicted octanol–water partition coefficient (Wildman–Crippen LogP) is 4.55. The molecule has 0 aliphatic carbocycles. The summed E-state index contributed by atoms with van der Waals surface area (Å²) in [4.78, 5) is 38.4. The minimum atomic E-state index is -0.859. The first-order valence-corrected chi connectivity index (χ1v) is 13.7. The van der Waals surface area contributed by atoms with Gasteiger partial charge in [-0.3, -0.25) is 24.3 Å². The molecule has 9 nitrogen and oxygen atoms in total. The summed E-state index contributed by atoms with van der Waals surface area (Å²) < 4.78 is 11.0. The van der Waals surface area contributed by atoms with Crippen LogP contribution in [-0.2, 0) is 14.4 Å². The minimum absolute atomic E-state index is 0.105. The molecule has 1 saturated heterocycles. The van der Waals surface area contributed by atoms with Crippen LogP contribution in [0.25, 0.3) is 0 Å². The first-order chi connectivity index (χ1) is 18.5. The van der Waals surface area contributed by atoms with Crippen molar-refractivity contribution >= 4 is 17.6 Å². The van der Waals surface area contributed by atoms with Crippen molar-refractivity contribution in [1.29, 1.82) is 0 Å². The normalized spacial score (nSPS) is 24.4. The Bertz CT molecular complexity index is 1070. The summed E-state index contributed by atoms with van der Waals surface area (Å²) in [5, 5.41) is 11.9. The van der Waals surface area contributed by atoms with E-state index >= 15 is 0 Å². The van der Waals surface area contributed by atoms with Gasteiger partial charge in [0.15, 0.2) is 11.5 Å². The number of benzene rings is 1. The van der Waals surface area contributed by atoms with Crippen LogP contribution >= 0.6 is 0 Å². The molecule has 3 atom stereocenters. The largest absolute Gasteiger partial charge is 0.481 e. The van der Waals surface area contributed by atoms with Crippen molar-refractivity contribution in [2.45, 2.75) is 64.3 Å². The Morgan fingerprint density at radius 2 is 2.03 bits per heavy atom. The molecule has 0 unspecified atom stereocenters. The molecule has 0 radical (unpaired) electrons. The van der Waals surface area contributed by atoms with Crippen LogP contribution in [0.3, 0.4) is 0 Å². The SMILES string of the molecule is CCCON(CCC)C(=O)CN1C[C@H](c2ccc3c(c2)OCO3)[C@@H](C(=O)O)[C@@H]1CCC1=N/C=C\C=C/CC1. The fraction of sp³-hybridized carbons (Fsp3) is 0.552. The van der Waals surface area contributed by atoms with Crippen LogP contribution in [0.5, 0.6) is 11.5 Å². The number of likely N-dealkylation sites (tertiary alicyclic amines) is 1. The monoisotopic (exact) mass is 525 g/mol. The number of carbonyl (C=O) groups excluding carboxylic acids is 1. The Morgan fingerprint density at radius 1 is 1.18 bits per heavy atom. The second kappa shape index (κ2) is 13.6. The van der Waals surface area contributed by atoms with Crippen molar-refractivity contribution in [2.24, 2.45) is 10.9 Å². The van der Waals surface area contributed by atoms with Crippen molar-refractivity contribution in [3.63, 3.8) is 0 Å². The third-order valence-corrected chi connectivity index (χ3v) is 7.27. The van der Waals surface area contributed by atoms with Gasteiger partial charge in [-0.2, -0.15) is 0 Å². The maximum Gasteiger partial charge on any atom is 0.308 e. The molecule has 0 bridgehead atoms. The van der Waals surface area contributed by atoms with E-state index in [1.54, 1.807) is 6.20 Å². The first kappa shape index (κ1) is 27.9. The molecule has 1 aromatic carbocycles. The summed E-state index contributed by atoms with van der Waals surface area (Å²) in [5.41, 5.74) is 1.93. The van der Waals surface area contributed by atoms with E-state index < -0.39 is 11.9 Å². The van der Waals surface area contributed by atoms with E-state index in [-0.39, 0.29) is 31.2 Å². The van der Waals surface area contributed by atoms with Gasteiger partial charge in [0.05, 0.1) is 19.1 Å². The summed E-state index contributed by atoms with van der Waals surface area (Å²) in [7, 11) is 0. The Morgan fingerprint density at radius 3 is 2.82 bits per heavy atom. The van der Waals surface area contributed by atoms with E-state index in [2.05, 4.69) is 11.1 Å². The van der Waals surface area contributed by atoms with Crippen molar-refractivity contribution in [3.8, 4) is 11.5 Å². The number of hydrogen-bond donors (Lipinski definition) is 1. The average Bonchev–Trinajstić information content (AvgIpc) is 3.50. The van der Waals surface area contributed by atoms with Gasteiger partial charge in [0.2, 0.25) is 6.79 Å². The number of hydrogen-bond acceptors (Lipinski definition) is 7. The lowest BCUT2D eigenvalue weighted by Gasteiger charge is -2.29. The third kappa shape index (κ3) is 6.82. The fourth-order valence-corrected chi connectivity index (χ4v) is 5.44. The number of rotatable bonds is 12. The van der Waals surface area contributed by atoms with Gasteiger partial charge in [-0.1, -0.05) is 32.1 Å². The summed E-state index contributed by atoms with van der Waals surface area (Å²) in [6, 6.07) is 5.31. The lowest BCUT2D eigenvalue weighted by molar-refractivity contribution is -0.188. The first-order valence-electron chi connectivity index (χ1n) is 13.7. The molecule has 0 aromatic heterocycles. The highest BCUT2D eigenvalue weighted by Gasteiger charge is 2.47. The number of allylic oxidation sites excluding steroid dienone is 3. The molecule has 206 valence electrons. The van der Waals surface area contributed by atoms with Gasteiger partial charge in [0.1, 0.15) is 0 Å². The summed E-state index contributed by atoms with van der Waals surface area (Å²) in [6.45, 7) is 5.69. The Labute approximate surface area is 224 Å². The number of ether oxygens (including phenoxy) is 2. The number of aliphatic imine (C=N–C) groups is 1. The molecule has 1 fully saturated rings. The maximum atomic E-state index is 13.3. The van der Waals surface area contributed by atoms with E-state index in [0.717, 1.165) is 37.0 Å². The van der Waals surface area contributed by atoms with E-state index in [4.69, 9.17) is 14.3 Å². The maximum absolute atomic E-state index is 13.3. The van der Waals surface area contributed by atoms with Gasteiger partial charge in [0.25, 0.3) is 5.91 Å². The molecule has 0 spiro atoms. The summed E-state index contributed by atoms with van der Waals surface area (Å²) >= 11 is 0. The Balaban J connectivity index is 1.58. The standard InChI is InChI=1S/C29H39N3O6/c1-3-15-32(38-16-4-2)27(33)19-31-18-23(21-10-13-25-26(17-21)37-20-36-25)28(29(34)35)24(31)12-11-22-9-7-5-6-8-14-30-22/h5-6,8,10,13-14,17,23-24,28H,3-4,7,9,11-12,15-16,18-20H2,1-2H3,(H,34,35)/b6-5-,14-8-,30-22?/t23-,24+,28-/m1/s1. The Hall–Kier alpha value is -3.17. The van der Waals surface area contributed by atoms with Gasteiger partial charge in [-0.15, -0.1) is 0 Å². The second-order valence-electron chi connectivity index (χ2n) is 9.95. The van der Waals surface area contributed by atoms with Gasteiger partial charge in [0, 0.05) is 37.0 Å². The number of carbonyl (C=O) groups is 2. The smallest absolute Gasteiger partial charge is 0.308 e. The van der Waals surface area contributed by atoms with Gasteiger partial charge >= 0.3 is 5.97 Å². The third-order valence-electron chi connectivity index (χ3n) is 7.27. The highest BCUT2D eigenvalue weighted by atomic mass is 16.7. The quantitative estimate of drug-likeness (QED) is 0.400. The van der Waals surface area contributed by atoms with Crippen molar-refractivity contribution < 1.29 is 29.0 Å². The average molecular weight is 526 g/mol. The van der Waals surface area contributed by atoms with E-state index in [1.165, 1.54) is 5.06 Å². The molecule has 3 aliphatic rings. The molecule has 9 heteroatoms. The van der Waals surface area contributed by atoms with Crippen LogP contribution in [0.15, 0.2) is 47.6 Å². The molecule has 0 saturated carbocycles. The number of fused-ring (bicyclic) bond motifs is 1. The van der Waals surface area contributed by atoms with Crippen molar-refractivity contribution in [2.75, 3.05) is 33.0 Å². The summed E-state index contributed by atoms with van der Waals surface area (Å²) in [5.74, 6) is -0.680. The number of aliphatic carboxylic acids is 1. The van der Waals surface area contributed by atoms with Crippen molar-refractivity contribution in [1.82, 2.24) is 9.96 Å². The van der Waals surface area contributed by atoms with E-state index in [0.29, 0.717) is 44.0 Å². The van der Waals surface area contributed by atoms with Crippen LogP contribution in [-0.4, -0.2) is 71.7 Å². The lowest BCUT2D eigenvalue weighted by atomic mass is 9.83. The number of amides is 1. The molecule has 1 amide bonds. The van der Waals surface area contributed by atoms with Crippen LogP contribution in [0.2, 0.25) is 0 Å². The highest BCUT2D eigenvalue weighted by Crippen LogP contribution is 2.43. The lowest BCUT2D eigenvalue weighted by Crippen LogP contribution is -2.44. The molecule has 38 heavy (non-hydrogen) atoms. The van der Waals surface area contributed by atoms with Gasteiger partial charge < -0.3 is 14.6 Å². The zero-order chi connectivity index (χ0) is 26.9. The number of carboxylic acids is 1. The molecule has 3 aliphatic heterocycles. The van der Waals surface area contributed by atoms with Crippen LogP contribution in [0, 0.1) is 5.92 Å². The topological polar surface area (TPSA) is 101 Å². The molecule has 4 rings (SSSR count). The molecular formula is C29H39N3O6. The van der Waals surface area contributed by atoms with Crippen LogP contribution < -0.4 is 9.47 Å². The minimum Gasteiger partial charge on any atom is -0.481 e. The molecule has 3 heterocycles. The molecule has 1 aromatic rings. The van der Waals surface area contributed by atoms with Crippen molar-refractivity contribution in [3.05, 3.63) is 48.2 Å². The zero-order valence-electron chi connectivity index (χ0n) is 22.4. The molecule has 1 N–H and O–H groups in total.